The molecule has 0 fully saturated rings. The van der Waals surface area contributed by atoms with Crippen molar-refractivity contribution in [2.75, 3.05) is 0 Å². The number of thiophene rings is 1. The highest BCUT2D eigenvalue weighted by Crippen LogP contribution is 2.25. The van der Waals surface area contributed by atoms with Crippen LogP contribution in [0.2, 0.25) is 0 Å². The van der Waals surface area contributed by atoms with Crippen LogP contribution in [0, 0.1) is 5.92 Å². The maximum absolute atomic E-state index is 3.88. The van der Waals surface area contributed by atoms with Crippen molar-refractivity contribution in [3.05, 3.63) is 22.4 Å². The van der Waals surface area contributed by atoms with Crippen LogP contribution in [0.4, 0.5) is 0 Å². The van der Waals surface area contributed by atoms with E-state index >= 15 is 0 Å². The molecule has 1 heterocycles. The van der Waals surface area contributed by atoms with Crippen LogP contribution < -0.4 is 5.32 Å². The number of hydrogen-bond acceptors (Lipinski definition) is 2. The number of nitrogens with one attached hydrogen (secondary N) is 1. The molecule has 1 aromatic rings. The molecule has 1 aromatic heterocycles. The molecule has 0 radical (unpaired) electrons. The Morgan fingerprint density at radius 2 is 2.00 bits per heavy atom. The summed E-state index contributed by atoms with van der Waals surface area (Å²) in [5.74, 6) is 0.827. The minimum Gasteiger partial charge on any atom is -0.306 e. The summed E-state index contributed by atoms with van der Waals surface area (Å²) < 4.78 is 0. The lowest BCUT2D eigenvalue weighted by Gasteiger charge is -2.26. The van der Waals surface area contributed by atoms with Gasteiger partial charge in [0.15, 0.2) is 0 Å². The van der Waals surface area contributed by atoms with E-state index in [4.69, 9.17) is 0 Å². The molecular weight excluding hydrogens is 238 g/mol. The Balaban J connectivity index is 2.58. The molecule has 0 aliphatic heterocycles. The first-order valence-electron chi connectivity index (χ1n) is 7.50. The first-order chi connectivity index (χ1) is 8.71. The molecule has 1 nitrogen and oxygen atoms in total. The lowest BCUT2D eigenvalue weighted by molar-refractivity contribution is 0.342. The first-order valence-corrected chi connectivity index (χ1v) is 8.38. The van der Waals surface area contributed by atoms with Gasteiger partial charge in [0.1, 0.15) is 0 Å². The molecule has 2 heteroatoms. The SMILES string of the molecule is CCCC(NC(CC)CC(C)CC)c1cccs1. The van der Waals surface area contributed by atoms with Gasteiger partial charge in [0.25, 0.3) is 0 Å². The first kappa shape index (κ1) is 15.7. The molecular formula is C16H29NS. The molecule has 0 aliphatic rings. The van der Waals surface area contributed by atoms with Crippen LogP contribution in [0.3, 0.4) is 0 Å². The summed E-state index contributed by atoms with van der Waals surface area (Å²) in [6.07, 6.45) is 6.32. The predicted octanol–water partition coefficient (Wildman–Crippen LogP) is 5.39. The molecule has 0 aliphatic carbocycles. The highest BCUT2D eigenvalue weighted by Gasteiger charge is 2.17. The topological polar surface area (TPSA) is 12.0 Å². The van der Waals surface area contributed by atoms with E-state index in [2.05, 4.69) is 50.5 Å². The van der Waals surface area contributed by atoms with Gasteiger partial charge in [-0.05, 0) is 36.6 Å². The largest absolute Gasteiger partial charge is 0.306 e. The molecule has 3 unspecified atom stereocenters. The Labute approximate surface area is 117 Å². The highest BCUT2D eigenvalue weighted by molar-refractivity contribution is 7.10. The van der Waals surface area contributed by atoms with Crippen LogP contribution >= 0.6 is 11.3 Å². The summed E-state index contributed by atoms with van der Waals surface area (Å²) >= 11 is 1.89. The molecule has 0 saturated heterocycles. The van der Waals surface area contributed by atoms with Gasteiger partial charge in [0, 0.05) is 17.0 Å². The van der Waals surface area contributed by atoms with E-state index in [1.54, 1.807) is 0 Å². The smallest absolute Gasteiger partial charge is 0.0416 e. The molecule has 1 N–H and O–H groups in total. The van der Waals surface area contributed by atoms with Gasteiger partial charge in [0.05, 0.1) is 0 Å². The van der Waals surface area contributed by atoms with E-state index < -0.39 is 0 Å². The molecule has 0 saturated carbocycles. The zero-order valence-corrected chi connectivity index (χ0v) is 13.2. The van der Waals surface area contributed by atoms with E-state index in [0.29, 0.717) is 12.1 Å². The van der Waals surface area contributed by atoms with Gasteiger partial charge in [-0.25, -0.2) is 0 Å². The Morgan fingerprint density at radius 1 is 1.22 bits per heavy atom. The van der Waals surface area contributed by atoms with Crippen LogP contribution in [0.15, 0.2) is 17.5 Å². The number of hydrogen-bond donors (Lipinski definition) is 1. The molecule has 18 heavy (non-hydrogen) atoms. The Hall–Kier alpha value is -0.340. The zero-order valence-electron chi connectivity index (χ0n) is 12.4. The molecule has 0 amide bonds. The summed E-state index contributed by atoms with van der Waals surface area (Å²) in [5, 5.41) is 6.07. The van der Waals surface area contributed by atoms with Crippen LogP contribution in [0.1, 0.15) is 70.7 Å². The monoisotopic (exact) mass is 267 g/mol. The van der Waals surface area contributed by atoms with Crippen molar-refractivity contribution < 1.29 is 0 Å². The van der Waals surface area contributed by atoms with E-state index in [9.17, 15) is 0 Å². The molecule has 0 aromatic carbocycles. The fraction of sp³-hybridized carbons (Fsp3) is 0.750. The van der Waals surface area contributed by atoms with Crippen molar-refractivity contribution in [3.8, 4) is 0 Å². The van der Waals surface area contributed by atoms with Crippen molar-refractivity contribution in [3.63, 3.8) is 0 Å². The average molecular weight is 267 g/mol. The lowest BCUT2D eigenvalue weighted by Crippen LogP contribution is -2.33. The maximum Gasteiger partial charge on any atom is 0.0416 e. The molecule has 0 bridgehead atoms. The second-order valence-electron chi connectivity index (χ2n) is 5.38. The minimum absolute atomic E-state index is 0.559. The van der Waals surface area contributed by atoms with Crippen LogP contribution in [0.25, 0.3) is 0 Å². The van der Waals surface area contributed by atoms with Crippen LogP contribution in [-0.4, -0.2) is 6.04 Å². The molecule has 0 spiro atoms. The Kier molecular flexibility index (Phi) is 7.60. The Bertz CT molecular complexity index is 294. The Morgan fingerprint density at radius 3 is 2.50 bits per heavy atom. The number of rotatable bonds is 9. The highest BCUT2D eigenvalue weighted by atomic mass is 32.1. The zero-order chi connectivity index (χ0) is 13.4. The molecule has 3 atom stereocenters. The van der Waals surface area contributed by atoms with Gasteiger partial charge < -0.3 is 5.32 Å². The third-order valence-electron chi connectivity index (χ3n) is 3.78. The third-order valence-corrected chi connectivity index (χ3v) is 4.76. The molecule has 104 valence electrons. The van der Waals surface area contributed by atoms with Crippen LogP contribution in [-0.2, 0) is 0 Å². The standard InChI is InChI=1S/C16H29NS/c1-5-9-15(16-10-8-11-18-16)17-14(7-3)12-13(4)6-2/h8,10-11,13-15,17H,5-7,9,12H2,1-4H3. The van der Waals surface area contributed by atoms with Gasteiger partial charge in [-0.1, -0.05) is 46.6 Å². The molecule has 1 rings (SSSR count). The van der Waals surface area contributed by atoms with Crippen LogP contribution in [0.5, 0.6) is 0 Å². The second-order valence-corrected chi connectivity index (χ2v) is 6.36. The summed E-state index contributed by atoms with van der Waals surface area (Å²) in [6, 6.07) is 5.66. The maximum atomic E-state index is 3.88. The van der Waals surface area contributed by atoms with Gasteiger partial charge in [-0.15, -0.1) is 11.3 Å². The van der Waals surface area contributed by atoms with Crippen molar-refractivity contribution in [2.24, 2.45) is 5.92 Å². The van der Waals surface area contributed by atoms with Gasteiger partial charge in [-0.3, -0.25) is 0 Å². The second kappa shape index (κ2) is 8.71. The normalized spacial score (nSPS) is 16.4. The summed E-state index contributed by atoms with van der Waals surface area (Å²) in [5.41, 5.74) is 0. The summed E-state index contributed by atoms with van der Waals surface area (Å²) in [7, 11) is 0. The summed E-state index contributed by atoms with van der Waals surface area (Å²) in [6.45, 7) is 9.24. The minimum atomic E-state index is 0.559. The van der Waals surface area contributed by atoms with E-state index in [1.807, 2.05) is 11.3 Å². The quantitative estimate of drug-likeness (QED) is 0.632. The van der Waals surface area contributed by atoms with Crippen molar-refractivity contribution in [2.45, 2.75) is 71.9 Å². The van der Waals surface area contributed by atoms with Crippen molar-refractivity contribution >= 4 is 11.3 Å². The fourth-order valence-corrected chi connectivity index (χ4v) is 3.20. The van der Waals surface area contributed by atoms with Gasteiger partial charge in [-0.2, -0.15) is 0 Å². The predicted molar refractivity (Wildman–Crippen MR) is 83.3 cm³/mol. The fourth-order valence-electron chi connectivity index (χ4n) is 2.38. The lowest BCUT2D eigenvalue weighted by atomic mass is 9.96. The summed E-state index contributed by atoms with van der Waals surface area (Å²) in [4.78, 5) is 1.50. The average Bonchev–Trinajstić information content (AvgIpc) is 2.90. The third kappa shape index (κ3) is 5.11. The van der Waals surface area contributed by atoms with E-state index in [-0.39, 0.29) is 0 Å². The van der Waals surface area contributed by atoms with Crippen molar-refractivity contribution in [1.82, 2.24) is 5.32 Å². The van der Waals surface area contributed by atoms with E-state index in [0.717, 1.165) is 5.92 Å². The van der Waals surface area contributed by atoms with E-state index in [1.165, 1.54) is 37.0 Å². The van der Waals surface area contributed by atoms with Gasteiger partial charge >= 0.3 is 0 Å². The van der Waals surface area contributed by atoms with Crippen molar-refractivity contribution in [1.29, 1.82) is 0 Å². The van der Waals surface area contributed by atoms with Gasteiger partial charge in [0.2, 0.25) is 0 Å².